The Kier molecular flexibility index (Phi) is 6.81. The molecule has 0 saturated heterocycles. The molecule has 0 unspecified atom stereocenters. The van der Waals surface area contributed by atoms with Gasteiger partial charge >= 0.3 is 5.69 Å². The van der Waals surface area contributed by atoms with Crippen molar-refractivity contribution in [2.24, 2.45) is 0 Å². The van der Waals surface area contributed by atoms with E-state index in [2.05, 4.69) is 5.32 Å². The zero-order chi connectivity index (χ0) is 24.4. The highest BCUT2D eigenvalue weighted by molar-refractivity contribution is 6.35. The summed E-state index contributed by atoms with van der Waals surface area (Å²) in [6, 6.07) is 14.1. The molecule has 0 spiro atoms. The maximum Gasteiger partial charge on any atom is 0.332 e. The predicted octanol–water partition coefficient (Wildman–Crippen LogP) is 4.11. The van der Waals surface area contributed by atoms with Crippen LogP contribution in [0.2, 0.25) is 10.0 Å². The molecule has 0 aliphatic rings. The van der Waals surface area contributed by atoms with Crippen molar-refractivity contribution in [3.05, 3.63) is 114 Å². The van der Waals surface area contributed by atoms with Crippen molar-refractivity contribution in [1.29, 1.82) is 0 Å². The van der Waals surface area contributed by atoms with Gasteiger partial charge in [-0.25, -0.2) is 13.6 Å². The Hall–Kier alpha value is -3.49. The topological polar surface area (TPSA) is 73.1 Å². The highest BCUT2D eigenvalue weighted by Crippen LogP contribution is 2.20. The molecular weight excluding hydrogens is 487 g/mol. The minimum absolute atomic E-state index is 0.0562. The Bertz CT molecular complexity index is 1530. The van der Waals surface area contributed by atoms with Crippen LogP contribution in [0, 0.1) is 11.6 Å². The molecule has 0 saturated carbocycles. The van der Waals surface area contributed by atoms with E-state index in [0.29, 0.717) is 21.7 Å². The first-order chi connectivity index (χ1) is 16.2. The van der Waals surface area contributed by atoms with E-state index in [9.17, 15) is 23.2 Å². The smallest absolute Gasteiger partial charge is 0.332 e. The van der Waals surface area contributed by atoms with Gasteiger partial charge in [0.25, 0.3) is 5.56 Å². The lowest BCUT2D eigenvalue weighted by Gasteiger charge is -2.15. The van der Waals surface area contributed by atoms with Crippen LogP contribution in [-0.2, 0) is 24.4 Å². The van der Waals surface area contributed by atoms with Crippen molar-refractivity contribution in [2.75, 3.05) is 0 Å². The highest BCUT2D eigenvalue weighted by atomic mass is 35.5. The van der Waals surface area contributed by atoms with Crippen LogP contribution < -0.4 is 16.6 Å². The molecular formula is C24H17Cl2F2N3O3. The molecule has 174 valence electrons. The lowest BCUT2D eigenvalue weighted by Crippen LogP contribution is -2.44. The lowest BCUT2D eigenvalue weighted by atomic mass is 10.2. The first-order valence-corrected chi connectivity index (χ1v) is 10.9. The van der Waals surface area contributed by atoms with Crippen LogP contribution in [-0.4, -0.2) is 15.0 Å². The number of hydrogen-bond donors (Lipinski definition) is 1. The number of amides is 1. The molecule has 6 nitrogen and oxygen atoms in total. The van der Waals surface area contributed by atoms with Crippen LogP contribution in [0.3, 0.4) is 0 Å². The Morgan fingerprint density at radius 3 is 2.38 bits per heavy atom. The zero-order valence-electron chi connectivity index (χ0n) is 17.5. The molecule has 0 atom stereocenters. The molecule has 0 fully saturated rings. The van der Waals surface area contributed by atoms with Gasteiger partial charge in [-0.3, -0.25) is 18.7 Å². The fraction of sp³-hybridized carbons (Fsp3) is 0.125. The number of carbonyl (C=O) groups excluding carboxylic acids is 1. The number of para-hydroxylation sites is 1. The standard InChI is InChI=1S/C24H17Cl2F2N3O3/c25-16-7-5-14(19(26)9-16)11-29-22(32)13-31-23(33)18-3-1-2-4-21(18)30(24(31)34)12-15-6-8-17(27)10-20(15)28/h1-10H,11-13H2,(H,29,32). The number of rotatable bonds is 6. The van der Waals surface area contributed by atoms with Gasteiger partial charge in [-0.1, -0.05) is 47.5 Å². The monoisotopic (exact) mass is 503 g/mol. The number of nitrogens with zero attached hydrogens (tertiary/aromatic N) is 2. The summed E-state index contributed by atoms with van der Waals surface area (Å²) in [5, 5.41) is 3.60. The van der Waals surface area contributed by atoms with E-state index >= 15 is 0 Å². The number of halogens is 4. The fourth-order valence-electron chi connectivity index (χ4n) is 3.54. The Balaban J connectivity index is 1.68. The summed E-state index contributed by atoms with van der Waals surface area (Å²) >= 11 is 12.0. The second-order valence-corrected chi connectivity index (χ2v) is 8.37. The number of carbonyl (C=O) groups is 1. The average molecular weight is 504 g/mol. The molecule has 1 N–H and O–H groups in total. The molecule has 0 bridgehead atoms. The van der Waals surface area contributed by atoms with E-state index in [1.54, 1.807) is 30.3 Å². The molecule has 10 heteroatoms. The van der Waals surface area contributed by atoms with Gasteiger partial charge in [0.05, 0.1) is 17.4 Å². The van der Waals surface area contributed by atoms with Crippen LogP contribution >= 0.6 is 23.2 Å². The summed E-state index contributed by atoms with van der Waals surface area (Å²) in [5.41, 5.74) is -0.524. The third kappa shape index (κ3) is 4.88. The lowest BCUT2D eigenvalue weighted by molar-refractivity contribution is -0.121. The average Bonchev–Trinajstić information content (AvgIpc) is 2.80. The van der Waals surface area contributed by atoms with E-state index in [4.69, 9.17) is 23.2 Å². The van der Waals surface area contributed by atoms with Crippen LogP contribution in [0.25, 0.3) is 10.9 Å². The van der Waals surface area contributed by atoms with Crippen molar-refractivity contribution < 1.29 is 13.6 Å². The SMILES string of the molecule is O=C(Cn1c(=O)c2ccccc2n(Cc2ccc(F)cc2F)c1=O)NCc1ccc(Cl)cc1Cl. The van der Waals surface area contributed by atoms with Crippen molar-refractivity contribution in [3.8, 4) is 0 Å². The van der Waals surface area contributed by atoms with Gasteiger partial charge in [-0.2, -0.15) is 0 Å². The van der Waals surface area contributed by atoms with Crippen LogP contribution in [0.5, 0.6) is 0 Å². The highest BCUT2D eigenvalue weighted by Gasteiger charge is 2.17. The number of fused-ring (bicyclic) bond motifs is 1. The minimum atomic E-state index is -0.827. The van der Waals surface area contributed by atoms with Gasteiger partial charge in [0, 0.05) is 28.2 Å². The number of benzene rings is 3. The van der Waals surface area contributed by atoms with Gasteiger partial charge in [0.2, 0.25) is 5.91 Å². The molecule has 0 aliphatic heterocycles. The number of hydrogen-bond acceptors (Lipinski definition) is 3. The molecule has 34 heavy (non-hydrogen) atoms. The zero-order valence-corrected chi connectivity index (χ0v) is 19.0. The van der Waals surface area contributed by atoms with E-state index in [0.717, 1.165) is 10.6 Å². The van der Waals surface area contributed by atoms with Gasteiger partial charge in [-0.05, 0) is 35.9 Å². The van der Waals surface area contributed by atoms with E-state index in [1.807, 2.05) is 0 Å². The van der Waals surface area contributed by atoms with Crippen LogP contribution in [0.15, 0.2) is 70.3 Å². The van der Waals surface area contributed by atoms with Crippen LogP contribution in [0.4, 0.5) is 8.78 Å². The van der Waals surface area contributed by atoms with Crippen molar-refractivity contribution >= 4 is 40.0 Å². The van der Waals surface area contributed by atoms with Gasteiger partial charge in [0.15, 0.2) is 0 Å². The second-order valence-electron chi connectivity index (χ2n) is 7.53. The molecule has 3 aromatic carbocycles. The number of nitrogens with one attached hydrogen (secondary N) is 1. The van der Waals surface area contributed by atoms with E-state index in [1.165, 1.54) is 22.8 Å². The molecule has 4 aromatic rings. The minimum Gasteiger partial charge on any atom is -0.350 e. The Labute approximate surface area is 202 Å². The molecule has 4 rings (SSSR count). The van der Waals surface area contributed by atoms with Crippen LogP contribution in [0.1, 0.15) is 11.1 Å². The van der Waals surface area contributed by atoms with Crippen molar-refractivity contribution in [3.63, 3.8) is 0 Å². The summed E-state index contributed by atoms with van der Waals surface area (Å²) in [4.78, 5) is 38.8. The maximum atomic E-state index is 14.3. The largest absolute Gasteiger partial charge is 0.350 e. The van der Waals surface area contributed by atoms with Gasteiger partial charge in [-0.15, -0.1) is 0 Å². The van der Waals surface area contributed by atoms with E-state index in [-0.39, 0.29) is 29.6 Å². The molecule has 0 aliphatic carbocycles. The normalized spacial score (nSPS) is 11.1. The molecule has 1 amide bonds. The molecule has 1 heterocycles. The van der Waals surface area contributed by atoms with E-state index < -0.39 is 35.3 Å². The fourth-order valence-corrected chi connectivity index (χ4v) is 4.02. The summed E-state index contributed by atoms with van der Waals surface area (Å²) in [6.45, 7) is -0.750. The summed E-state index contributed by atoms with van der Waals surface area (Å²) in [6.07, 6.45) is 0. The predicted molar refractivity (Wildman–Crippen MR) is 126 cm³/mol. The third-order valence-corrected chi connectivity index (χ3v) is 5.86. The second kappa shape index (κ2) is 9.79. The third-order valence-electron chi connectivity index (χ3n) is 5.27. The Morgan fingerprint density at radius 1 is 0.912 bits per heavy atom. The van der Waals surface area contributed by atoms with Gasteiger partial charge in [0.1, 0.15) is 18.2 Å². The van der Waals surface area contributed by atoms with Crippen molar-refractivity contribution in [2.45, 2.75) is 19.6 Å². The number of aromatic nitrogens is 2. The van der Waals surface area contributed by atoms with Gasteiger partial charge < -0.3 is 5.32 Å². The Morgan fingerprint density at radius 2 is 1.65 bits per heavy atom. The first-order valence-electron chi connectivity index (χ1n) is 10.1. The summed E-state index contributed by atoms with van der Waals surface area (Å²) in [7, 11) is 0. The molecule has 0 radical (unpaired) electrons. The molecule has 1 aromatic heterocycles. The van der Waals surface area contributed by atoms with Crippen molar-refractivity contribution in [1.82, 2.24) is 14.5 Å². The first kappa shape index (κ1) is 23.7. The summed E-state index contributed by atoms with van der Waals surface area (Å²) in [5.74, 6) is -2.17. The maximum absolute atomic E-state index is 14.3. The quantitative estimate of drug-likeness (QED) is 0.430. The summed E-state index contributed by atoms with van der Waals surface area (Å²) < 4.78 is 29.5.